The number of benzene rings is 3. The fourth-order valence-electron chi connectivity index (χ4n) is 6.17. The molecule has 55 heavy (non-hydrogen) atoms. The molecule has 0 saturated heterocycles. The molecule has 5 atom stereocenters. The van der Waals surface area contributed by atoms with E-state index >= 15 is 4.79 Å². The second-order valence-electron chi connectivity index (χ2n) is 14.3. The Balaban J connectivity index is 1.66. The van der Waals surface area contributed by atoms with Crippen LogP contribution in [0.5, 0.6) is 0 Å². The minimum Gasteiger partial charge on any atom is -0.445 e. The standard InChI is InChI=1S/C42H53N5O6S2/c1-28(2)22-33(37(48)40-43-20-21-55-40)44-39(50)36(23-29(3)4)47(25-31-16-10-6-11-17-31)41(51)34(24-30-14-8-5-9-15-30)45-38(49)35(27-54)46-42(52)53-26-32-18-12-7-13-19-32/h5-21,28-29,33-37,48,54H,22-27H2,1-4H3,(H,44,50)(H,45,49)(H,46,52)/t33?,34-,35?,36+,37-/m0/s1. The molecule has 4 N–H and O–H groups in total. The van der Waals surface area contributed by atoms with Gasteiger partial charge in [0, 0.05) is 30.3 Å². The summed E-state index contributed by atoms with van der Waals surface area (Å²) in [4.78, 5) is 62.0. The highest BCUT2D eigenvalue weighted by Crippen LogP contribution is 2.25. The first kappa shape index (κ1) is 43.0. The van der Waals surface area contributed by atoms with Gasteiger partial charge in [-0.2, -0.15) is 12.6 Å². The molecule has 1 heterocycles. The Morgan fingerprint density at radius 2 is 1.35 bits per heavy atom. The Labute approximate surface area is 333 Å². The number of alkyl carbamates (subject to hydrolysis) is 1. The summed E-state index contributed by atoms with van der Waals surface area (Å²) < 4.78 is 5.35. The third kappa shape index (κ3) is 13.8. The van der Waals surface area contributed by atoms with Crippen molar-refractivity contribution in [1.82, 2.24) is 25.8 Å². The Morgan fingerprint density at radius 3 is 1.89 bits per heavy atom. The van der Waals surface area contributed by atoms with E-state index in [1.807, 2.05) is 119 Å². The Bertz CT molecular complexity index is 1760. The van der Waals surface area contributed by atoms with Gasteiger partial charge in [0.05, 0.1) is 6.04 Å². The van der Waals surface area contributed by atoms with E-state index in [0.717, 1.165) is 16.7 Å². The van der Waals surface area contributed by atoms with Crippen molar-refractivity contribution in [2.24, 2.45) is 11.8 Å². The van der Waals surface area contributed by atoms with Crippen molar-refractivity contribution in [2.45, 2.75) is 90.4 Å². The molecule has 4 rings (SSSR count). The number of aromatic nitrogens is 1. The van der Waals surface area contributed by atoms with Crippen LogP contribution < -0.4 is 16.0 Å². The average molecular weight is 788 g/mol. The van der Waals surface area contributed by atoms with Crippen LogP contribution in [0.25, 0.3) is 0 Å². The van der Waals surface area contributed by atoms with Crippen molar-refractivity contribution in [3.8, 4) is 0 Å². The van der Waals surface area contributed by atoms with Crippen LogP contribution in [-0.2, 0) is 38.7 Å². The van der Waals surface area contributed by atoms with E-state index in [0.29, 0.717) is 17.8 Å². The minimum absolute atomic E-state index is 0.00363. The van der Waals surface area contributed by atoms with Gasteiger partial charge in [0.2, 0.25) is 17.7 Å². The molecule has 294 valence electrons. The normalized spacial score (nSPS) is 14.0. The van der Waals surface area contributed by atoms with Crippen LogP contribution in [0.3, 0.4) is 0 Å². The predicted molar refractivity (Wildman–Crippen MR) is 218 cm³/mol. The first-order valence-corrected chi connectivity index (χ1v) is 20.1. The third-order valence-electron chi connectivity index (χ3n) is 8.89. The molecule has 0 fully saturated rings. The van der Waals surface area contributed by atoms with Gasteiger partial charge in [-0.25, -0.2) is 9.78 Å². The van der Waals surface area contributed by atoms with Crippen molar-refractivity contribution < 1.29 is 29.0 Å². The summed E-state index contributed by atoms with van der Waals surface area (Å²) in [5.74, 6) is -1.46. The summed E-state index contributed by atoms with van der Waals surface area (Å²) in [6.07, 6.45) is 0.669. The van der Waals surface area contributed by atoms with Gasteiger partial charge in [-0.15, -0.1) is 11.3 Å². The summed E-state index contributed by atoms with van der Waals surface area (Å²) in [5.41, 5.74) is 2.36. The number of aliphatic hydroxyl groups excluding tert-OH is 1. The highest BCUT2D eigenvalue weighted by atomic mass is 32.1. The van der Waals surface area contributed by atoms with E-state index in [-0.39, 0.29) is 37.2 Å². The SMILES string of the molecule is CC(C)CC(NC(=O)[C@@H](CC(C)C)N(Cc1ccccc1)C(=O)[C@H](Cc1ccccc1)NC(=O)C(CS)NC(=O)OCc1ccccc1)[C@H](O)c1nccs1. The van der Waals surface area contributed by atoms with Gasteiger partial charge < -0.3 is 30.7 Å². The van der Waals surface area contributed by atoms with Gasteiger partial charge in [-0.3, -0.25) is 14.4 Å². The maximum absolute atomic E-state index is 15.0. The zero-order chi connectivity index (χ0) is 39.7. The zero-order valence-corrected chi connectivity index (χ0v) is 33.5. The number of thiol groups is 1. The van der Waals surface area contributed by atoms with Gasteiger partial charge >= 0.3 is 6.09 Å². The number of carbonyl (C=O) groups excluding carboxylic acids is 4. The predicted octanol–water partition coefficient (Wildman–Crippen LogP) is 6.10. The molecule has 2 unspecified atom stereocenters. The van der Waals surface area contributed by atoms with Crippen LogP contribution in [0.15, 0.2) is 103 Å². The summed E-state index contributed by atoms with van der Waals surface area (Å²) in [7, 11) is 0. The number of nitrogens with one attached hydrogen (secondary N) is 3. The second kappa shape index (κ2) is 22.0. The molecule has 4 aromatic rings. The molecular weight excluding hydrogens is 735 g/mol. The monoisotopic (exact) mass is 787 g/mol. The van der Waals surface area contributed by atoms with Crippen molar-refractivity contribution >= 4 is 47.8 Å². The van der Waals surface area contributed by atoms with Crippen LogP contribution in [-0.4, -0.2) is 68.7 Å². The summed E-state index contributed by atoms with van der Waals surface area (Å²) in [6, 6.07) is 23.9. The maximum atomic E-state index is 15.0. The number of hydrogen-bond acceptors (Lipinski definition) is 9. The minimum atomic E-state index is -1.13. The molecule has 3 aromatic carbocycles. The fraction of sp³-hybridized carbons (Fsp3) is 0.405. The van der Waals surface area contributed by atoms with E-state index in [4.69, 9.17) is 4.74 Å². The van der Waals surface area contributed by atoms with Crippen molar-refractivity contribution in [3.05, 3.63) is 124 Å². The second-order valence-corrected chi connectivity index (χ2v) is 15.6. The molecule has 0 saturated carbocycles. The van der Waals surface area contributed by atoms with Gasteiger partial charge in [0.1, 0.15) is 35.8 Å². The number of rotatable bonds is 20. The molecule has 0 aliphatic heterocycles. The molecule has 0 spiro atoms. The van der Waals surface area contributed by atoms with Crippen LogP contribution in [0.4, 0.5) is 4.79 Å². The van der Waals surface area contributed by atoms with Gasteiger partial charge in [0.15, 0.2) is 0 Å². The molecule has 1 aromatic heterocycles. The molecule has 0 aliphatic carbocycles. The largest absolute Gasteiger partial charge is 0.445 e. The van der Waals surface area contributed by atoms with Crippen molar-refractivity contribution in [1.29, 1.82) is 0 Å². The molecule has 11 nitrogen and oxygen atoms in total. The van der Waals surface area contributed by atoms with Crippen LogP contribution in [0, 0.1) is 11.8 Å². The number of thiazole rings is 1. The summed E-state index contributed by atoms with van der Waals surface area (Å²) in [5, 5.41) is 22.2. The molecule has 0 radical (unpaired) electrons. The maximum Gasteiger partial charge on any atom is 0.408 e. The lowest BCUT2D eigenvalue weighted by Gasteiger charge is -2.36. The van der Waals surface area contributed by atoms with E-state index in [2.05, 4.69) is 33.6 Å². The number of nitrogens with zero attached hydrogens (tertiary/aromatic N) is 2. The molecule has 0 aliphatic rings. The number of aliphatic hydroxyl groups is 1. The topological polar surface area (TPSA) is 150 Å². The average Bonchev–Trinajstić information content (AvgIpc) is 3.73. The Morgan fingerprint density at radius 1 is 0.764 bits per heavy atom. The Hall–Kier alpha value is -4.72. The van der Waals surface area contributed by atoms with Gasteiger partial charge in [-0.05, 0) is 41.4 Å². The lowest BCUT2D eigenvalue weighted by molar-refractivity contribution is -0.145. The quantitative estimate of drug-likeness (QED) is 0.0680. The van der Waals surface area contributed by atoms with E-state index in [1.54, 1.807) is 11.6 Å². The lowest BCUT2D eigenvalue weighted by Crippen LogP contribution is -2.59. The highest BCUT2D eigenvalue weighted by molar-refractivity contribution is 7.80. The number of hydrogen-bond donors (Lipinski definition) is 5. The third-order valence-corrected chi connectivity index (χ3v) is 10.1. The molecular formula is C42H53N5O6S2. The lowest BCUT2D eigenvalue weighted by atomic mass is 9.95. The fourth-order valence-corrected chi connectivity index (χ4v) is 7.12. The zero-order valence-electron chi connectivity index (χ0n) is 31.8. The van der Waals surface area contributed by atoms with Crippen molar-refractivity contribution in [2.75, 3.05) is 5.75 Å². The van der Waals surface area contributed by atoms with Gasteiger partial charge in [-0.1, -0.05) is 119 Å². The van der Waals surface area contributed by atoms with Crippen LogP contribution >= 0.6 is 24.0 Å². The molecule has 13 heteroatoms. The number of amides is 4. The van der Waals surface area contributed by atoms with Crippen molar-refractivity contribution in [3.63, 3.8) is 0 Å². The molecule has 4 amide bonds. The summed E-state index contributed by atoms with van der Waals surface area (Å²) in [6.45, 7) is 8.06. The van der Waals surface area contributed by atoms with E-state index < -0.39 is 54.1 Å². The van der Waals surface area contributed by atoms with E-state index in [1.165, 1.54) is 16.2 Å². The first-order valence-electron chi connectivity index (χ1n) is 18.6. The Kier molecular flexibility index (Phi) is 17.2. The van der Waals surface area contributed by atoms with Gasteiger partial charge in [0.25, 0.3) is 0 Å². The highest BCUT2D eigenvalue weighted by Gasteiger charge is 2.38. The first-order chi connectivity index (χ1) is 26.4. The summed E-state index contributed by atoms with van der Waals surface area (Å²) >= 11 is 5.64. The number of carbonyl (C=O) groups is 4. The number of ether oxygens (including phenoxy) is 1. The molecule has 0 bridgehead atoms. The smallest absolute Gasteiger partial charge is 0.408 e. The van der Waals surface area contributed by atoms with E-state index in [9.17, 15) is 19.5 Å². The van der Waals surface area contributed by atoms with Crippen LogP contribution in [0.2, 0.25) is 0 Å². The van der Waals surface area contributed by atoms with Crippen LogP contribution in [0.1, 0.15) is 68.3 Å².